The van der Waals surface area contributed by atoms with Crippen LogP contribution in [0.2, 0.25) is 0 Å². The van der Waals surface area contributed by atoms with Crippen molar-refractivity contribution in [1.82, 2.24) is 5.32 Å². The van der Waals surface area contributed by atoms with E-state index in [1.807, 2.05) is 18.2 Å². The first-order chi connectivity index (χ1) is 6.27. The molecule has 0 aliphatic carbocycles. The second-order valence-electron chi connectivity index (χ2n) is 2.75. The van der Waals surface area contributed by atoms with Gasteiger partial charge in [0.15, 0.2) is 0 Å². The molecule has 13 heavy (non-hydrogen) atoms. The molecule has 65 valence electrons. The molecule has 1 atom stereocenters. The van der Waals surface area contributed by atoms with Crippen molar-refractivity contribution in [3.63, 3.8) is 0 Å². The number of hydrogen-bond acceptors (Lipinski definition) is 2. The zero-order valence-corrected chi connectivity index (χ0v) is 6.75. The topological polar surface area (TPSA) is 57.2 Å². The Kier molecular flexibility index (Phi) is 1.73. The number of nitro groups is 1. The van der Waals surface area contributed by atoms with Gasteiger partial charge in [0.2, 0.25) is 0 Å². The van der Waals surface area contributed by atoms with Crippen LogP contribution < -0.4 is 5.32 Å². The summed E-state index contributed by atoms with van der Waals surface area (Å²) < 4.78 is 0. The van der Waals surface area contributed by atoms with Gasteiger partial charge in [0, 0.05) is 6.08 Å². The van der Waals surface area contributed by atoms with Crippen molar-refractivity contribution in [3.05, 3.63) is 46.0 Å². The standard InChI is InChI=1S/C9H7N2O2/c12-11(13)9-6-5-7-3-1-2-4-8(7)10-9/h1-6,9H. The summed E-state index contributed by atoms with van der Waals surface area (Å²) in [5.74, 6) is 0. The van der Waals surface area contributed by atoms with E-state index in [4.69, 9.17) is 0 Å². The molecule has 0 bridgehead atoms. The molecule has 1 unspecified atom stereocenters. The number of benzene rings is 1. The number of rotatable bonds is 1. The molecule has 1 radical (unpaired) electrons. The van der Waals surface area contributed by atoms with E-state index in [0.717, 1.165) is 5.56 Å². The van der Waals surface area contributed by atoms with Crippen LogP contribution in [-0.2, 0) is 0 Å². The van der Waals surface area contributed by atoms with Crippen LogP contribution in [0.4, 0.5) is 5.69 Å². The number of para-hydroxylation sites is 1. The Morgan fingerprint density at radius 1 is 1.38 bits per heavy atom. The highest BCUT2D eigenvalue weighted by Crippen LogP contribution is 2.22. The molecule has 0 aromatic heterocycles. The summed E-state index contributed by atoms with van der Waals surface area (Å²) in [4.78, 5) is 10.0. The molecule has 0 saturated heterocycles. The molecule has 0 spiro atoms. The van der Waals surface area contributed by atoms with Gasteiger partial charge in [-0.2, -0.15) is 0 Å². The zero-order valence-electron chi connectivity index (χ0n) is 6.75. The van der Waals surface area contributed by atoms with Crippen LogP contribution in [0.15, 0.2) is 30.3 Å². The number of fused-ring (bicyclic) bond motifs is 1. The van der Waals surface area contributed by atoms with Gasteiger partial charge in [-0.05, 0) is 17.7 Å². The van der Waals surface area contributed by atoms with E-state index in [1.54, 1.807) is 12.1 Å². The number of nitrogens with zero attached hydrogens (tertiary/aromatic N) is 2. The third-order valence-corrected chi connectivity index (χ3v) is 1.87. The minimum absolute atomic E-state index is 0.410. The van der Waals surface area contributed by atoms with Crippen LogP contribution in [0, 0.1) is 10.1 Å². The molecule has 1 heterocycles. The van der Waals surface area contributed by atoms with E-state index in [1.165, 1.54) is 6.08 Å². The summed E-state index contributed by atoms with van der Waals surface area (Å²) in [5, 5.41) is 14.4. The predicted octanol–water partition coefficient (Wildman–Crippen LogP) is 1.55. The highest BCUT2D eigenvalue weighted by molar-refractivity contribution is 5.65. The molecule has 1 aromatic rings. The Balaban J connectivity index is 2.34. The molecular formula is C9H7N2O2. The largest absolute Gasteiger partial charge is 0.323 e. The Labute approximate surface area is 75.0 Å². The van der Waals surface area contributed by atoms with Gasteiger partial charge in [-0.25, -0.2) is 5.32 Å². The van der Waals surface area contributed by atoms with Crippen molar-refractivity contribution in [2.45, 2.75) is 6.17 Å². The molecule has 0 fully saturated rings. The molecular weight excluding hydrogens is 168 g/mol. The first-order valence-corrected chi connectivity index (χ1v) is 3.89. The Hall–Kier alpha value is -1.84. The van der Waals surface area contributed by atoms with Gasteiger partial charge in [0.1, 0.15) is 0 Å². The normalized spacial score (nSPS) is 18.9. The summed E-state index contributed by atoms with van der Waals surface area (Å²) in [6.07, 6.45) is 2.30. The van der Waals surface area contributed by atoms with Crippen molar-refractivity contribution in [1.29, 1.82) is 0 Å². The molecule has 4 nitrogen and oxygen atoms in total. The lowest BCUT2D eigenvalue weighted by Crippen LogP contribution is -2.27. The molecule has 1 aromatic carbocycles. The maximum atomic E-state index is 10.4. The minimum Gasteiger partial charge on any atom is -0.262 e. The molecule has 0 saturated carbocycles. The summed E-state index contributed by atoms with van der Waals surface area (Å²) in [7, 11) is 0. The Bertz CT molecular complexity index is 374. The first-order valence-electron chi connectivity index (χ1n) is 3.89. The van der Waals surface area contributed by atoms with Crippen LogP contribution in [0.5, 0.6) is 0 Å². The number of hydrogen-bond donors (Lipinski definition) is 0. The third kappa shape index (κ3) is 1.38. The van der Waals surface area contributed by atoms with Crippen molar-refractivity contribution >= 4 is 11.8 Å². The van der Waals surface area contributed by atoms with E-state index in [-0.39, 0.29) is 0 Å². The minimum atomic E-state index is -0.921. The average molecular weight is 175 g/mol. The zero-order chi connectivity index (χ0) is 9.26. The molecule has 0 amide bonds. The lowest BCUT2D eigenvalue weighted by atomic mass is 10.1. The van der Waals surface area contributed by atoms with Gasteiger partial charge in [-0.3, -0.25) is 10.1 Å². The summed E-state index contributed by atoms with van der Waals surface area (Å²) in [5.41, 5.74) is 1.62. The fraction of sp³-hybridized carbons (Fsp3) is 0.111. The molecule has 0 N–H and O–H groups in total. The van der Waals surface area contributed by atoms with Crippen LogP contribution >= 0.6 is 0 Å². The van der Waals surface area contributed by atoms with E-state index in [0.29, 0.717) is 5.69 Å². The van der Waals surface area contributed by atoms with Gasteiger partial charge in [0.05, 0.1) is 10.6 Å². The van der Waals surface area contributed by atoms with Crippen molar-refractivity contribution in [2.24, 2.45) is 0 Å². The Morgan fingerprint density at radius 3 is 2.92 bits per heavy atom. The fourth-order valence-corrected chi connectivity index (χ4v) is 1.24. The second kappa shape index (κ2) is 2.90. The summed E-state index contributed by atoms with van der Waals surface area (Å²) in [6, 6.07) is 7.35. The lowest BCUT2D eigenvalue weighted by Gasteiger charge is -2.12. The molecule has 2 rings (SSSR count). The molecule has 1 aliphatic heterocycles. The van der Waals surface area contributed by atoms with Gasteiger partial charge in [0.25, 0.3) is 0 Å². The van der Waals surface area contributed by atoms with Crippen LogP contribution in [-0.4, -0.2) is 11.1 Å². The third-order valence-electron chi connectivity index (χ3n) is 1.87. The molecule has 4 heteroatoms. The van der Waals surface area contributed by atoms with E-state index < -0.39 is 11.1 Å². The maximum absolute atomic E-state index is 10.4. The van der Waals surface area contributed by atoms with Gasteiger partial charge in [-0.1, -0.05) is 18.2 Å². The van der Waals surface area contributed by atoms with Gasteiger partial charge < -0.3 is 0 Å². The van der Waals surface area contributed by atoms with Crippen LogP contribution in [0.3, 0.4) is 0 Å². The lowest BCUT2D eigenvalue weighted by molar-refractivity contribution is -0.514. The van der Waals surface area contributed by atoms with E-state index in [2.05, 4.69) is 5.32 Å². The van der Waals surface area contributed by atoms with Gasteiger partial charge >= 0.3 is 6.17 Å². The van der Waals surface area contributed by atoms with E-state index in [9.17, 15) is 10.1 Å². The predicted molar refractivity (Wildman–Crippen MR) is 48.1 cm³/mol. The van der Waals surface area contributed by atoms with Crippen molar-refractivity contribution < 1.29 is 4.92 Å². The van der Waals surface area contributed by atoms with Gasteiger partial charge in [-0.15, -0.1) is 0 Å². The summed E-state index contributed by atoms with van der Waals surface area (Å²) >= 11 is 0. The SMILES string of the molecule is O=[N+]([O-])C1C=Cc2ccccc2[N]1. The van der Waals surface area contributed by atoms with Crippen LogP contribution in [0.1, 0.15) is 5.56 Å². The monoisotopic (exact) mass is 175 g/mol. The maximum Gasteiger partial charge on any atom is 0.323 e. The van der Waals surface area contributed by atoms with Crippen molar-refractivity contribution in [2.75, 3.05) is 0 Å². The smallest absolute Gasteiger partial charge is 0.262 e. The molecule has 1 aliphatic rings. The first kappa shape index (κ1) is 7.79. The Morgan fingerprint density at radius 2 is 2.15 bits per heavy atom. The summed E-state index contributed by atoms with van der Waals surface area (Å²) in [6.45, 7) is 0. The van der Waals surface area contributed by atoms with Crippen LogP contribution in [0.25, 0.3) is 6.08 Å². The van der Waals surface area contributed by atoms with E-state index >= 15 is 0 Å². The highest BCUT2D eigenvalue weighted by Gasteiger charge is 2.22. The average Bonchev–Trinajstić information content (AvgIpc) is 2.17. The second-order valence-corrected chi connectivity index (χ2v) is 2.75. The van der Waals surface area contributed by atoms with Crippen molar-refractivity contribution in [3.8, 4) is 0 Å². The fourth-order valence-electron chi connectivity index (χ4n) is 1.24. The quantitative estimate of drug-likeness (QED) is 0.480. The highest BCUT2D eigenvalue weighted by atomic mass is 16.6.